The van der Waals surface area contributed by atoms with E-state index in [9.17, 15) is 4.79 Å². The molecule has 0 saturated carbocycles. The van der Waals surface area contributed by atoms with Gasteiger partial charge in [0.05, 0.1) is 12.0 Å². The summed E-state index contributed by atoms with van der Waals surface area (Å²) < 4.78 is 2.39. The van der Waals surface area contributed by atoms with Crippen LogP contribution in [0, 0.1) is 5.92 Å². The summed E-state index contributed by atoms with van der Waals surface area (Å²) in [6.07, 6.45) is 4.89. The van der Waals surface area contributed by atoms with Crippen LogP contribution < -0.4 is 5.32 Å². The van der Waals surface area contributed by atoms with Crippen LogP contribution in [0.5, 0.6) is 0 Å². The third-order valence-corrected chi connectivity index (χ3v) is 6.80. The Balaban J connectivity index is 1.74. The Morgan fingerprint density at radius 2 is 1.42 bits per heavy atom. The summed E-state index contributed by atoms with van der Waals surface area (Å²) in [5.74, 6) is 0.429. The number of nitrogens with one attached hydrogen (secondary N) is 1. The summed E-state index contributed by atoms with van der Waals surface area (Å²) in [4.78, 5) is 16.4. The number of amides is 1. The number of fused-ring (bicyclic) bond motifs is 1. The lowest BCUT2D eigenvalue weighted by Crippen LogP contribution is -2.40. The van der Waals surface area contributed by atoms with Crippen LogP contribution in [0.3, 0.4) is 0 Å². The Bertz CT molecular complexity index is 1120. The second kappa shape index (κ2) is 9.07. The normalized spacial score (nSPS) is 15.6. The van der Waals surface area contributed by atoms with Gasteiger partial charge in [-0.2, -0.15) is 0 Å². The van der Waals surface area contributed by atoms with Crippen molar-refractivity contribution in [2.75, 3.05) is 6.54 Å². The number of nitrogens with zero attached hydrogens (tertiary/aromatic N) is 2. The summed E-state index contributed by atoms with van der Waals surface area (Å²) in [5, 5.41) is 3.02. The molecule has 1 N–H and O–H groups in total. The average molecular weight is 436 g/mol. The van der Waals surface area contributed by atoms with E-state index in [1.807, 2.05) is 6.33 Å². The van der Waals surface area contributed by atoms with E-state index < -0.39 is 5.54 Å². The summed E-state index contributed by atoms with van der Waals surface area (Å²) in [6, 6.07) is 32.1. The van der Waals surface area contributed by atoms with Crippen LogP contribution in [-0.4, -0.2) is 22.0 Å². The zero-order valence-electron chi connectivity index (χ0n) is 18.9. The van der Waals surface area contributed by atoms with Crippen molar-refractivity contribution in [3.05, 3.63) is 125 Å². The smallest absolute Gasteiger partial charge is 0.216 e. The highest BCUT2D eigenvalue weighted by atomic mass is 16.1. The monoisotopic (exact) mass is 435 g/mol. The second-order valence-corrected chi connectivity index (χ2v) is 8.86. The molecule has 1 heterocycles. The zero-order chi connectivity index (χ0) is 22.7. The molecule has 0 spiro atoms. The third kappa shape index (κ3) is 3.86. The van der Waals surface area contributed by atoms with Crippen LogP contribution in [0.25, 0.3) is 0 Å². The minimum absolute atomic E-state index is 0.0292. The fraction of sp³-hybridized carbons (Fsp3) is 0.241. The van der Waals surface area contributed by atoms with Gasteiger partial charge in [0, 0.05) is 19.2 Å². The fourth-order valence-electron chi connectivity index (χ4n) is 5.26. The van der Waals surface area contributed by atoms with Crippen molar-refractivity contribution in [1.82, 2.24) is 14.9 Å². The molecular formula is C29H29N3O. The fourth-order valence-corrected chi connectivity index (χ4v) is 5.26. The Morgan fingerprint density at radius 3 is 1.91 bits per heavy atom. The molecule has 1 aromatic heterocycles. The maximum atomic E-state index is 11.5. The summed E-state index contributed by atoms with van der Waals surface area (Å²) in [5.41, 5.74) is 5.49. The number of hydrogen-bond donors (Lipinski definition) is 1. The van der Waals surface area contributed by atoms with E-state index in [0.717, 1.165) is 19.3 Å². The molecule has 3 aromatic carbocycles. The van der Waals surface area contributed by atoms with E-state index in [4.69, 9.17) is 4.98 Å². The van der Waals surface area contributed by atoms with Gasteiger partial charge in [-0.15, -0.1) is 0 Å². The molecule has 0 aliphatic heterocycles. The number of benzene rings is 3. The van der Waals surface area contributed by atoms with Gasteiger partial charge < -0.3 is 9.88 Å². The third-order valence-electron chi connectivity index (χ3n) is 6.80. The molecular weight excluding hydrogens is 406 g/mol. The van der Waals surface area contributed by atoms with E-state index in [1.165, 1.54) is 28.1 Å². The Morgan fingerprint density at radius 1 is 0.909 bits per heavy atom. The van der Waals surface area contributed by atoms with Crippen LogP contribution >= 0.6 is 0 Å². The highest BCUT2D eigenvalue weighted by Gasteiger charge is 2.41. The topological polar surface area (TPSA) is 46.9 Å². The van der Waals surface area contributed by atoms with Crippen LogP contribution in [0.2, 0.25) is 0 Å². The van der Waals surface area contributed by atoms with Crippen LogP contribution in [-0.2, 0) is 23.2 Å². The Hall–Kier alpha value is -3.66. The number of aromatic nitrogens is 2. The van der Waals surface area contributed by atoms with Gasteiger partial charge in [0.2, 0.25) is 5.91 Å². The minimum atomic E-state index is -0.541. The van der Waals surface area contributed by atoms with Crippen molar-refractivity contribution >= 4 is 5.91 Å². The molecule has 5 rings (SSSR count). The summed E-state index contributed by atoms with van der Waals surface area (Å²) in [7, 11) is 0. The first-order valence-corrected chi connectivity index (χ1v) is 11.7. The number of imidazole rings is 1. The lowest BCUT2D eigenvalue weighted by Gasteiger charge is -2.39. The number of rotatable bonds is 6. The highest BCUT2D eigenvalue weighted by Crippen LogP contribution is 2.43. The lowest BCUT2D eigenvalue weighted by atomic mass is 9.76. The van der Waals surface area contributed by atoms with Crippen molar-refractivity contribution in [2.45, 2.75) is 31.7 Å². The molecule has 1 atom stereocenters. The minimum Gasteiger partial charge on any atom is -0.356 e. The molecule has 4 aromatic rings. The van der Waals surface area contributed by atoms with Crippen molar-refractivity contribution in [3.63, 3.8) is 0 Å². The first kappa shape index (κ1) is 21.2. The Labute approximate surface area is 195 Å². The lowest BCUT2D eigenvalue weighted by molar-refractivity contribution is -0.119. The summed E-state index contributed by atoms with van der Waals surface area (Å²) in [6.45, 7) is 2.29. The SMILES string of the molecule is CC(=O)NCC1CCc2ncn(C(c3ccccc3)(c3ccccc3)c3ccccc3)c2C1. The highest BCUT2D eigenvalue weighted by molar-refractivity contribution is 5.72. The van der Waals surface area contributed by atoms with Gasteiger partial charge in [-0.05, 0) is 41.9 Å². The number of carbonyl (C=O) groups excluding carboxylic acids is 1. The molecule has 4 nitrogen and oxygen atoms in total. The number of hydrogen-bond acceptors (Lipinski definition) is 2. The summed E-state index contributed by atoms with van der Waals surface area (Å²) >= 11 is 0. The largest absolute Gasteiger partial charge is 0.356 e. The molecule has 1 aliphatic carbocycles. The van der Waals surface area contributed by atoms with Gasteiger partial charge in [0.25, 0.3) is 0 Å². The average Bonchev–Trinajstić information content (AvgIpc) is 3.29. The van der Waals surface area contributed by atoms with E-state index in [2.05, 4.69) is 101 Å². The predicted octanol–water partition coefficient (Wildman–Crippen LogP) is 4.96. The first-order chi connectivity index (χ1) is 16.2. The van der Waals surface area contributed by atoms with Crippen molar-refractivity contribution in [3.8, 4) is 0 Å². The molecule has 166 valence electrons. The van der Waals surface area contributed by atoms with E-state index in [1.54, 1.807) is 6.92 Å². The van der Waals surface area contributed by atoms with Crippen molar-refractivity contribution < 1.29 is 4.79 Å². The van der Waals surface area contributed by atoms with Gasteiger partial charge >= 0.3 is 0 Å². The predicted molar refractivity (Wildman–Crippen MR) is 131 cm³/mol. The van der Waals surface area contributed by atoms with E-state index in [-0.39, 0.29) is 5.91 Å². The maximum absolute atomic E-state index is 11.5. The van der Waals surface area contributed by atoms with Crippen LogP contribution in [0.1, 0.15) is 41.4 Å². The molecule has 4 heteroatoms. The maximum Gasteiger partial charge on any atom is 0.216 e. The number of aryl methyl sites for hydroxylation is 1. The molecule has 1 unspecified atom stereocenters. The molecule has 0 radical (unpaired) electrons. The first-order valence-electron chi connectivity index (χ1n) is 11.7. The second-order valence-electron chi connectivity index (χ2n) is 8.86. The van der Waals surface area contributed by atoms with E-state index >= 15 is 0 Å². The van der Waals surface area contributed by atoms with E-state index in [0.29, 0.717) is 12.5 Å². The number of carbonyl (C=O) groups is 1. The molecule has 0 fully saturated rings. The van der Waals surface area contributed by atoms with Crippen LogP contribution in [0.4, 0.5) is 0 Å². The van der Waals surface area contributed by atoms with Gasteiger partial charge in [-0.1, -0.05) is 91.0 Å². The standard InChI is InChI=1S/C29H29N3O/c1-22(33)30-20-23-17-18-27-28(19-23)32(21-31-27)29(24-11-5-2-6-12-24,25-13-7-3-8-14-25)26-15-9-4-10-16-26/h2-16,21,23H,17-20H2,1H3,(H,30,33). The Kier molecular flexibility index (Phi) is 5.82. The van der Waals surface area contributed by atoms with Gasteiger partial charge in [-0.25, -0.2) is 4.98 Å². The molecule has 1 aliphatic rings. The van der Waals surface area contributed by atoms with Crippen molar-refractivity contribution in [2.24, 2.45) is 5.92 Å². The molecule has 0 saturated heterocycles. The molecule has 33 heavy (non-hydrogen) atoms. The van der Waals surface area contributed by atoms with Crippen LogP contribution in [0.15, 0.2) is 97.3 Å². The van der Waals surface area contributed by atoms with Gasteiger partial charge in [-0.3, -0.25) is 4.79 Å². The van der Waals surface area contributed by atoms with Gasteiger partial charge in [0.15, 0.2) is 0 Å². The quantitative estimate of drug-likeness (QED) is 0.435. The molecule has 0 bridgehead atoms. The molecule has 1 amide bonds. The van der Waals surface area contributed by atoms with Gasteiger partial charge in [0.1, 0.15) is 5.54 Å². The van der Waals surface area contributed by atoms with Crippen molar-refractivity contribution in [1.29, 1.82) is 0 Å². The zero-order valence-corrected chi connectivity index (χ0v) is 18.9.